The molecule has 1 amide bonds. The van der Waals surface area contributed by atoms with E-state index in [2.05, 4.69) is 15.4 Å². The first-order chi connectivity index (χ1) is 15.9. The number of amides is 1. The van der Waals surface area contributed by atoms with Gasteiger partial charge in [0.15, 0.2) is 5.76 Å². The number of aryl methyl sites for hydroxylation is 1. The number of ether oxygens (including phenoxy) is 1. The smallest absolute Gasteiger partial charge is 0.293 e. The van der Waals surface area contributed by atoms with Gasteiger partial charge in [0.1, 0.15) is 24.4 Å². The van der Waals surface area contributed by atoms with Crippen molar-refractivity contribution in [2.75, 3.05) is 5.32 Å². The molecule has 0 radical (unpaired) electrons. The quantitative estimate of drug-likeness (QED) is 0.296. The van der Waals surface area contributed by atoms with E-state index in [-0.39, 0.29) is 34.8 Å². The highest BCUT2D eigenvalue weighted by atomic mass is 35.5. The zero-order valence-electron chi connectivity index (χ0n) is 17.4. The lowest BCUT2D eigenvalue weighted by atomic mass is 10.1. The van der Waals surface area contributed by atoms with Crippen LogP contribution in [-0.2, 0) is 13.2 Å². The number of hydrogen-bond donors (Lipinski definition) is 1. The maximum atomic E-state index is 12.5. The number of non-ortho nitro benzene ring substituents is 1. The van der Waals surface area contributed by atoms with Crippen molar-refractivity contribution in [3.05, 3.63) is 98.7 Å². The lowest BCUT2D eigenvalue weighted by Crippen LogP contribution is -2.12. The lowest BCUT2D eigenvalue weighted by molar-refractivity contribution is -0.384. The molecule has 0 saturated heterocycles. The number of nitrogens with zero attached hydrogens (tertiary/aromatic N) is 4. The molecule has 0 atom stereocenters. The van der Waals surface area contributed by atoms with Crippen LogP contribution in [0.1, 0.15) is 27.4 Å². The number of nitrogens with one attached hydrogen (secondary N) is 1. The first-order valence-corrected chi connectivity index (χ1v) is 10.2. The number of furan rings is 1. The van der Waals surface area contributed by atoms with Gasteiger partial charge in [-0.15, -0.1) is 5.10 Å². The number of anilines is 1. The van der Waals surface area contributed by atoms with Crippen LogP contribution in [0, 0.1) is 17.0 Å². The third kappa shape index (κ3) is 5.36. The van der Waals surface area contributed by atoms with Gasteiger partial charge in [-0.1, -0.05) is 35.9 Å². The molecular formula is C22H18ClN5O5. The molecule has 1 N–H and O–H groups in total. The lowest BCUT2D eigenvalue weighted by Gasteiger charge is -2.06. The molecule has 4 rings (SSSR count). The number of rotatable bonds is 8. The molecule has 11 heteroatoms. The normalized spacial score (nSPS) is 10.7. The van der Waals surface area contributed by atoms with Gasteiger partial charge in [-0.05, 0) is 36.2 Å². The molecule has 0 unspecified atom stereocenters. The van der Waals surface area contributed by atoms with Crippen molar-refractivity contribution < 1.29 is 18.9 Å². The first-order valence-electron chi connectivity index (χ1n) is 9.80. The fraction of sp³-hybridized carbons (Fsp3) is 0.136. The zero-order valence-corrected chi connectivity index (χ0v) is 18.2. The molecule has 0 spiro atoms. The van der Waals surface area contributed by atoms with Crippen LogP contribution >= 0.6 is 11.6 Å². The number of benzene rings is 2. The second-order valence-corrected chi connectivity index (χ2v) is 7.48. The van der Waals surface area contributed by atoms with Crippen molar-refractivity contribution in [3.8, 4) is 5.75 Å². The molecule has 0 aliphatic rings. The highest BCUT2D eigenvalue weighted by molar-refractivity contribution is 6.32. The Bertz CT molecular complexity index is 1320. The second kappa shape index (κ2) is 9.53. The summed E-state index contributed by atoms with van der Waals surface area (Å²) in [6.45, 7) is 2.47. The third-order valence-corrected chi connectivity index (χ3v) is 5.05. The van der Waals surface area contributed by atoms with Crippen LogP contribution in [-0.4, -0.2) is 25.6 Å². The summed E-state index contributed by atoms with van der Waals surface area (Å²) in [5, 5.41) is 18.0. The molecule has 4 aromatic rings. The van der Waals surface area contributed by atoms with Gasteiger partial charge in [0.25, 0.3) is 11.6 Å². The maximum absolute atomic E-state index is 12.5. The highest BCUT2D eigenvalue weighted by Gasteiger charge is 2.16. The van der Waals surface area contributed by atoms with Gasteiger partial charge in [0.2, 0.25) is 5.95 Å². The largest absolute Gasteiger partial charge is 0.484 e. The Morgan fingerprint density at radius 2 is 2.06 bits per heavy atom. The fourth-order valence-electron chi connectivity index (χ4n) is 3.00. The second-order valence-electron chi connectivity index (χ2n) is 7.07. The fourth-order valence-corrected chi connectivity index (χ4v) is 3.17. The van der Waals surface area contributed by atoms with Crippen LogP contribution in [0.15, 0.2) is 65.3 Å². The van der Waals surface area contributed by atoms with Crippen molar-refractivity contribution >= 4 is 29.1 Å². The van der Waals surface area contributed by atoms with E-state index in [0.717, 1.165) is 11.1 Å². The van der Waals surface area contributed by atoms with Crippen LogP contribution in [0.3, 0.4) is 0 Å². The van der Waals surface area contributed by atoms with E-state index in [9.17, 15) is 14.9 Å². The van der Waals surface area contributed by atoms with Crippen LogP contribution in [0.2, 0.25) is 5.02 Å². The third-order valence-electron chi connectivity index (χ3n) is 4.74. The van der Waals surface area contributed by atoms with Crippen molar-refractivity contribution in [2.45, 2.75) is 20.1 Å². The van der Waals surface area contributed by atoms with E-state index in [1.807, 2.05) is 31.2 Å². The maximum Gasteiger partial charge on any atom is 0.293 e. The minimum atomic E-state index is -0.547. The van der Waals surface area contributed by atoms with Gasteiger partial charge in [0, 0.05) is 6.07 Å². The number of carbonyl (C=O) groups is 1. The van der Waals surface area contributed by atoms with Crippen LogP contribution in [0.4, 0.5) is 11.6 Å². The molecular weight excluding hydrogens is 450 g/mol. The van der Waals surface area contributed by atoms with Crippen LogP contribution in [0.5, 0.6) is 5.75 Å². The predicted molar refractivity (Wildman–Crippen MR) is 119 cm³/mol. The molecule has 168 valence electrons. The monoisotopic (exact) mass is 467 g/mol. The Kier molecular flexibility index (Phi) is 6.36. The van der Waals surface area contributed by atoms with Crippen LogP contribution in [0.25, 0.3) is 0 Å². The minimum absolute atomic E-state index is 0.0361. The summed E-state index contributed by atoms with van der Waals surface area (Å²) in [5.41, 5.74) is 2.08. The summed E-state index contributed by atoms with van der Waals surface area (Å²) in [7, 11) is 0. The number of halogens is 1. The summed E-state index contributed by atoms with van der Waals surface area (Å²) in [6, 6.07) is 14.8. The van der Waals surface area contributed by atoms with Crippen molar-refractivity contribution in [3.63, 3.8) is 0 Å². The van der Waals surface area contributed by atoms with Gasteiger partial charge < -0.3 is 9.15 Å². The predicted octanol–water partition coefficient (Wildman–Crippen LogP) is 4.62. The molecule has 2 aromatic carbocycles. The number of carbonyl (C=O) groups excluding carboxylic acids is 1. The minimum Gasteiger partial charge on any atom is -0.484 e. The van der Waals surface area contributed by atoms with Crippen LogP contribution < -0.4 is 10.1 Å². The van der Waals surface area contributed by atoms with Crippen molar-refractivity contribution in [2.24, 2.45) is 0 Å². The molecule has 0 bridgehead atoms. The van der Waals surface area contributed by atoms with Gasteiger partial charge in [-0.2, -0.15) is 0 Å². The van der Waals surface area contributed by atoms with Gasteiger partial charge >= 0.3 is 0 Å². The SMILES string of the molecule is Cc1ccccc1Cn1cnc(NC(=O)c2ccc(COc3cc([N+](=O)[O-])ccc3Cl)o2)n1. The highest BCUT2D eigenvalue weighted by Crippen LogP contribution is 2.29. The van der Waals surface area contributed by atoms with E-state index < -0.39 is 10.8 Å². The molecule has 10 nitrogen and oxygen atoms in total. The number of aromatic nitrogens is 3. The van der Waals surface area contributed by atoms with E-state index >= 15 is 0 Å². The standard InChI is InChI=1S/C22H18ClN5O5/c1-14-4-2-3-5-15(14)11-27-13-24-22(26-27)25-21(29)19-9-7-17(33-19)12-32-20-10-16(28(30)31)6-8-18(20)23/h2-10,13H,11-12H2,1H3,(H,25,26,29). The average molecular weight is 468 g/mol. The summed E-state index contributed by atoms with van der Waals surface area (Å²) >= 11 is 6.02. The summed E-state index contributed by atoms with van der Waals surface area (Å²) in [5.74, 6) is 0.126. The summed E-state index contributed by atoms with van der Waals surface area (Å²) in [6.07, 6.45) is 1.53. The van der Waals surface area contributed by atoms with E-state index in [1.165, 1.54) is 30.6 Å². The van der Waals surface area contributed by atoms with E-state index in [1.54, 1.807) is 10.7 Å². The molecule has 2 heterocycles. The average Bonchev–Trinajstić information content (AvgIpc) is 3.44. The van der Waals surface area contributed by atoms with E-state index in [4.69, 9.17) is 20.8 Å². The van der Waals surface area contributed by atoms with Crippen molar-refractivity contribution in [1.82, 2.24) is 14.8 Å². The summed E-state index contributed by atoms with van der Waals surface area (Å²) < 4.78 is 12.6. The van der Waals surface area contributed by atoms with Gasteiger partial charge in [-0.3, -0.25) is 20.2 Å². The zero-order chi connectivity index (χ0) is 23.4. The Morgan fingerprint density at radius 3 is 2.85 bits per heavy atom. The molecule has 0 fully saturated rings. The van der Waals surface area contributed by atoms with Crippen molar-refractivity contribution in [1.29, 1.82) is 0 Å². The summed E-state index contributed by atoms with van der Waals surface area (Å²) in [4.78, 5) is 26.9. The number of nitro groups is 1. The molecule has 0 aliphatic heterocycles. The van der Waals surface area contributed by atoms with Gasteiger partial charge in [-0.25, -0.2) is 9.67 Å². The Morgan fingerprint density at radius 1 is 1.24 bits per heavy atom. The Balaban J connectivity index is 1.36. The van der Waals surface area contributed by atoms with Gasteiger partial charge in [0.05, 0.1) is 22.6 Å². The molecule has 0 saturated carbocycles. The first kappa shape index (κ1) is 22.0. The molecule has 2 aromatic heterocycles. The Hall–Kier alpha value is -4.18. The number of nitro benzene ring substituents is 1. The number of hydrogen-bond acceptors (Lipinski definition) is 7. The Labute approximate surface area is 192 Å². The molecule has 0 aliphatic carbocycles. The topological polar surface area (TPSA) is 125 Å². The molecule has 33 heavy (non-hydrogen) atoms. The van der Waals surface area contributed by atoms with E-state index in [0.29, 0.717) is 12.3 Å².